The van der Waals surface area contributed by atoms with Crippen molar-refractivity contribution in [2.75, 3.05) is 7.11 Å². The van der Waals surface area contributed by atoms with Crippen LogP contribution in [0.25, 0.3) is 0 Å². The van der Waals surface area contributed by atoms with E-state index in [1.165, 1.54) is 7.11 Å². The van der Waals surface area contributed by atoms with Crippen LogP contribution < -0.4 is 0 Å². The maximum absolute atomic E-state index is 10.6. The van der Waals surface area contributed by atoms with Crippen LogP contribution in [0, 0.1) is 0 Å². The Kier molecular flexibility index (Phi) is 4.12. The summed E-state index contributed by atoms with van der Waals surface area (Å²) in [6.45, 7) is 5.66. The van der Waals surface area contributed by atoms with Crippen molar-refractivity contribution >= 4 is 21.4 Å². The van der Waals surface area contributed by atoms with Gasteiger partial charge < -0.3 is 9.53 Å². The molecule has 0 fully saturated rings. The number of carbonyl (C=O) groups excluding carboxylic acids is 1. The fourth-order valence-electron chi connectivity index (χ4n) is 0.408. The van der Waals surface area contributed by atoms with E-state index in [9.17, 15) is 9.59 Å². The molecule has 12 heavy (non-hydrogen) atoms. The summed E-state index contributed by atoms with van der Waals surface area (Å²) in [6, 6.07) is 0. The predicted octanol–water partition coefficient (Wildman–Crippen LogP) is 0.243. The SMILES string of the molecule is COC(=O)/C=N/[SiH](O)C(C)(C)C. The van der Waals surface area contributed by atoms with Gasteiger partial charge >= 0.3 is 15.2 Å². The smallest absolute Gasteiger partial charge is 0.347 e. The van der Waals surface area contributed by atoms with Crippen molar-refractivity contribution in [1.82, 2.24) is 0 Å². The summed E-state index contributed by atoms with van der Waals surface area (Å²) >= 11 is 0. The molecule has 0 aromatic heterocycles. The first-order valence-electron chi connectivity index (χ1n) is 3.67. The topological polar surface area (TPSA) is 58.9 Å². The normalized spacial score (nSPS) is 14.8. The average Bonchev–Trinajstić information content (AvgIpc) is 1.97. The van der Waals surface area contributed by atoms with Gasteiger partial charge in [-0.05, 0) is 5.04 Å². The van der Waals surface area contributed by atoms with Gasteiger partial charge in [-0.1, -0.05) is 20.8 Å². The molecule has 1 unspecified atom stereocenters. The second-order valence-corrected chi connectivity index (χ2v) is 6.32. The Labute approximate surface area is 74.1 Å². The molecule has 0 amide bonds. The molecule has 4 nitrogen and oxygen atoms in total. The number of rotatable bonds is 2. The van der Waals surface area contributed by atoms with E-state index < -0.39 is 15.2 Å². The number of esters is 1. The molecule has 70 valence electrons. The van der Waals surface area contributed by atoms with Crippen LogP contribution in [0.4, 0.5) is 0 Å². The maximum Gasteiger partial charge on any atom is 0.347 e. The molecule has 0 radical (unpaired) electrons. The molecule has 0 aliphatic rings. The lowest BCUT2D eigenvalue weighted by Crippen LogP contribution is -2.24. The first-order chi connectivity index (χ1) is 5.38. The van der Waals surface area contributed by atoms with Crippen LogP contribution in [0.1, 0.15) is 20.8 Å². The predicted molar refractivity (Wildman–Crippen MR) is 49.6 cm³/mol. The van der Waals surface area contributed by atoms with E-state index in [2.05, 4.69) is 9.39 Å². The van der Waals surface area contributed by atoms with Gasteiger partial charge in [0.05, 0.1) is 13.3 Å². The van der Waals surface area contributed by atoms with Gasteiger partial charge in [0.1, 0.15) is 0 Å². The highest BCUT2D eigenvalue weighted by molar-refractivity contribution is 6.54. The summed E-state index contributed by atoms with van der Waals surface area (Å²) in [5, 5.41) is -0.218. The van der Waals surface area contributed by atoms with E-state index in [1.807, 2.05) is 20.8 Å². The highest BCUT2D eigenvalue weighted by Crippen LogP contribution is 2.25. The van der Waals surface area contributed by atoms with Crippen molar-refractivity contribution in [2.24, 2.45) is 4.66 Å². The lowest BCUT2D eigenvalue weighted by atomic mass is 10.3. The molecule has 0 saturated carbocycles. The van der Waals surface area contributed by atoms with E-state index in [1.54, 1.807) is 0 Å². The standard InChI is InChI=1S/C7H15NO3Si/c1-7(2,3)12(10)8-5-6(9)11-4/h5,10,12H,1-4H3/b8-5+. The lowest BCUT2D eigenvalue weighted by molar-refractivity contribution is -0.132. The Bertz CT molecular complexity index is 186. The van der Waals surface area contributed by atoms with E-state index in [0.29, 0.717) is 0 Å². The fourth-order valence-corrected chi connectivity index (χ4v) is 1.12. The fraction of sp³-hybridized carbons (Fsp3) is 0.714. The van der Waals surface area contributed by atoms with Crippen molar-refractivity contribution in [3.63, 3.8) is 0 Å². The molecule has 1 N–H and O–H groups in total. The van der Waals surface area contributed by atoms with Crippen LogP contribution in [0.3, 0.4) is 0 Å². The minimum Gasteiger partial charge on any atom is -0.465 e. The van der Waals surface area contributed by atoms with Crippen molar-refractivity contribution in [3.8, 4) is 0 Å². The minimum absolute atomic E-state index is 0.218. The molecular formula is C7H15NO3Si. The van der Waals surface area contributed by atoms with E-state index in [0.717, 1.165) is 6.21 Å². The Morgan fingerprint density at radius 1 is 1.58 bits per heavy atom. The maximum atomic E-state index is 10.6. The van der Waals surface area contributed by atoms with Crippen LogP contribution in [-0.2, 0) is 9.53 Å². The summed E-state index contributed by atoms with van der Waals surface area (Å²) in [4.78, 5) is 20.0. The van der Waals surface area contributed by atoms with Gasteiger partial charge in [-0.15, -0.1) is 0 Å². The first kappa shape index (κ1) is 11.3. The van der Waals surface area contributed by atoms with Crippen molar-refractivity contribution in [2.45, 2.75) is 25.8 Å². The quantitative estimate of drug-likeness (QED) is 0.384. The average molecular weight is 189 g/mol. The molecule has 1 atom stereocenters. The number of methoxy groups -OCH3 is 1. The number of ether oxygens (including phenoxy) is 1. The zero-order chi connectivity index (χ0) is 9.78. The van der Waals surface area contributed by atoms with Crippen LogP contribution in [0.15, 0.2) is 4.66 Å². The van der Waals surface area contributed by atoms with Crippen LogP contribution in [-0.4, -0.2) is 33.3 Å². The number of hydrogen-bond acceptors (Lipinski definition) is 4. The van der Waals surface area contributed by atoms with Gasteiger partial charge in [0, 0.05) is 0 Å². The van der Waals surface area contributed by atoms with Gasteiger partial charge in [-0.3, -0.25) is 4.66 Å². The number of carbonyl (C=O) groups is 1. The molecule has 0 aliphatic heterocycles. The highest BCUT2D eigenvalue weighted by Gasteiger charge is 2.24. The number of hydrogen-bond donors (Lipinski definition) is 1. The lowest BCUT2D eigenvalue weighted by Gasteiger charge is -2.18. The third-order valence-electron chi connectivity index (χ3n) is 1.30. The zero-order valence-corrected chi connectivity index (χ0v) is 9.02. The van der Waals surface area contributed by atoms with Gasteiger partial charge in [0.2, 0.25) is 0 Å². The summed E-state index contributed by atoms with van der Waals surface area (Å²) in [6.07, 6.45) is 1.04. The Balaban J connectivity index is 4.09. The molecule has 0 heterocycles. The summed E-state index contributed by atoms with van der Waals surface area (Å²) in [7, 11) is -0.915. The number of nitrogens with zero attached hydrogens (tertiary/aromatic N) is 1. The summed E-state index contributed by atoms with van der Waals surface area (Å²) in [5.41, 5.74) is 0. The molecule has 0 spiro atoms. The molecule has 0 aromatic carbocycles. The van der Waals surface area contributed by atoms with E-state index >= 15 is 0 Å². The van der Waals surface area contributed by atoms with Crippen molar-refractivity contribution in [3.05, 3.63) is 0 Å². The van der Waals surface area contributed by atoms with Crippen molar-refractivity contribution < 1.29 is 14.3 Å². The molecule has 0 aliphatic carbocycles. The summed E-state index contributed by atoms with van der Waals surface area (Å²) < 4.78 is 8.10. The highest BCUT2D eigenvalue weighted by atomic mass is 28.3. The zero-order valence-electron chi connectivity index (χ0n) is 7.87. The van der Waals surface area contributed by atoms with Crippen LogP contribution in [0.5, 0.6) is 0 Å². The second kappa shape index (κ2) is 4.37. The Morgan fingerprint density at radius 3 is 2.42 bits per heavy atom. The first-order valence-corrected chi connectivity index (χ1v) is 5.28. The summed E-state index contributed by atoms with van der Waals surface area (Å²) in [5.74, 6) is -0.522. The van der Waals surface area contributed by atoms with Crippen LogP contribution >= 0.6 is 0 Å². The molecular weight excluding hydrogens is 174 g/mol. The van der Waals surface area contributed by atoms with Gasteiger partial charge in [0.25, 0.3) is 0 Å². The Morgan fingerprint density at radius 2 is 2.08 bits per heavy atom. The van der Waals surface area contributed by atoms with Gasteiger partial charge in [-0.25, -0.2) is 4.79 Å². The largest absolute Gasteiger partial charge is 0.465 e. The monoisotopic (exact) mass is 189 g/mol. The third-order valence-corrected chi connectivity index (χ3v) is 3.28. The van der Waals surface area contributed by atoms with Crippen molar-refractivity contribution in [1.29, 1.82) is 0 Å². The second-order valence-electron chi connectivity index (χ2n) is 3.54. The van der Waals surface area contributed by atoms with Gasteiger partial charge in [0.15, 0.2) is 0 Å². The van der Waals surface area contributed by atoms with Crippen LogP contribution in [0.2, 0.25) is 5.04 Å². The molecule has 0 rings (SSSR count). The minimum atomic E-state index is -2.19. The molecule has 5 heteroatoms. The van der Waals surface area contributed by atoms with E-state index in [4.69, 9.17) is 0 Å². The Hall–Kier alpha value is -0.683. The molecule has 0 aromatic rings. The van der Waals surface area contributed by atoms with E-state index in [-0.39, 0.29) is 5.04 Å². The molecule has 0 bridgehead atoms. The third kappa shape index (κ3) is 4.25. The molecule has 0 saturated heterocycles. The van der Waals surface area contributed by atoms with Gasteiger partial charge in [-0.2, -0.15) is 0 Å².